The second-order valence-electron chi connectivity index (χ2n) is 4.20. The van der Waals surface area contributed by atoms with E-state index in [0.29, 0.717) is 13.1 Å². The zero-order valence-electron chi connectivity index (χ0n) is 11.2. The highest BCUT2D eigenvalue weighted by atomic mass is 16.5. The molecule has 1 aromatic carbocycles. The van der Waals surface area contributed by atoms with Gasteiger partial charge in [-0.15, -0.1) is 10.2 Å². The summed E-state index contributed by atoms with van der Waals surface area (Å²) in [4.78, 5) is 0. The van der Waals surface area contributed by atoms with Crippen molar-refractivity contribution in [2.75, 3.05) is 25.5 Å². The highest BCUT2D eigenvalue weighted by Crippen LogP contribution is 2.24. The lowest BCUT2D eigenvalue weighted by molar-refractivity contribution is 0.412. The molecule has 100 valence electrons. The lowest BCUT2D eigenvalue weighted by Gasteiger charge is -2.07. The minimum Gasteiger partial charge on any atom is -0.496 e. The van der Waals surface area contributed by atoms with E-state index in [1.165, 1.54) is 0 Å². The molecule has 0 aliphatic carbocycles. The number of aromatic nitrogens is 2. The standard InChI is InChI=1S/C14H18N4O/c1-10-9-11(3-5-13(10)19-2)12-4-6-14(18-17-12)16-8-7-15/h3-6,9H,7-8,15H2,1-2H3,(H,16,18). The number of hydrogen-bond donors (Lipinski definition) is 2. The summed E-state index contributed by atoms with van der Waals surface area (Å²) >= 11 is 0. The minimum atomic E-state index is 0.571. The fourth-order valence-corrected chi connectivity index (χ4v) is 1.82. The second kappa shape index (κ2) is 6.15. The number of nitrogens with two attached hydrogens (primary N) is 1. The first-order valence-corrected chi connectivity index (χ1v) is 6.17. The van der Waals surface area contributed by atoms with Crippen LogP contribution < -0.4 is 15.8 Å². The van der Waals surface area contributed by atoms with E-state index in [-0.39, 0.29) is 0 Å². The normalized spacial score (nSPS) is 10.3. The van der Waals surface area contributed by atoms with Gasteiger partial charge >= 0.3 is 0 Å². The Hall–Kier alpha value is -2.14. The minimum absolute atomic E-state index is 0.571. The van der Waals surface area contributed by atoms with Crippen molar-refractivity contribution < 1.29 is 4.74 Å². The van der Waals surface area contributed by atoms with Gasteiger partial charge in [-0.3, -0.25) is 0 Å². The van der Waals surface area contributed by atoms with Crippen LogP contribution in [0.4, 0.5) is 5.82 Å². The Morgan fingerprint density at radius 1 is 1.21 bits per heavy atom. The second-order valence-corrected chi connectivity index (χ2v) is 4.20. The van der Waals surface area contributed by atoms with Crippen molar-refractivity contribution in [1.29, 1.82) is 0 Å². The van der Waals surface area contributed by atoms with Gasteiger partial charge in [0.15, 0.2) is 0 Å². The van der Waals surface area contributed by atoms with Crippen LogP contribution in [-0.4, -0.2) is 30.4 Å². The quantitative estimate of drug-likeness (QED) is 0.856. The molecule has 0 aliphatic heterocycles. The highest BCUT2D eigenvalue weighted by molar-refractivity contribution is 5.62. The third-order valence-corrected chi connectivity index (χ3v) is 2.81. The van der Waals surface area contributed by atoms with Crippen molar-refractivity contribution in [1.82, 2.24) is 10.2 Å². The molecule has 0 atom stereocenters. The molecule has 1 heterocycles. The topological polar surface area (TPSA) is 73.1 Å². The van der Waals surface area contributed by atoms with Crippen molar-refractivity contribution in [3.05, 3.63) is 35.9 Å². The average Bonchev–Trinajstić information content (AvgIpc) is 2.45. The first-order valence-electron chi connectivity index (χ1n) is 6.17. The molecule has 0 amide bonds. The van der Waals surface area contributed by atoms with Crippen LogP contribution in [0.25, 0.3) is 11.3 Å². The molecular formula is C14H18N4O. The molecule has 0 aliphatic rings. The van der Waals surface area contributed by atoms with E-state index in [9.17, 15) is 0 Å². The van der Waals surface area contributed by atoms with Crippen molar-refractivity contribution >= 4 is 5.82 Å². The Bertz CT molecular complexity index is 540. The van der Waals surface area contributed by atoms with Crippen LogP contribution in [0, 0.1) is 6.92 Å². The van der Waals surface area contributed by atoms with Gasteiger partial charge in [0.05, 0.1) is 12.8 Å². The van der Waals surface area contributed by atoms with Crippen molar-refractivity contribution in [3.8, 4) is 17.0 Å². The maximum absolute atomic E-state index is 5.42. The summed E-state index contributed by atoms with van der Waals surface area (Å²) in [6.07, 6.45) is 0. The van der Waals surface area contributed by atoms with E-state index in [1.54, 1.807) is 7.11 Å². The van der Waals surface area contributed by atoms with E-state index < -0.39 is 0 Å². The SMILES string of the molecule is COc1ccc(-c2ccc(NCCN)nn2)cc1C. The van der Waals surface area contributed by atoms with Crippen LogP contribution in [0.2, 0.25) is 0 Å². The number of methoxy groups -OCH3 is 1. The van der Waals surface area contributed by atoms with Crippen LogP contribution in [0.3, 0.4) is 0 Å². The summed E-state index contributed by atoms with van der Waals surface area (Å²) in [5, 5.41) is 11.4. The Balaban J connectivity index is 2.19. The predicted molar refractivity (Wildman–Crippen MR) is 76.3 cm³/mol. The van der Waals surface area contributed by atoms with Crippen LogP contribution >= 0.6 is 0 Å². The van der Waals surface area contributed by atoms with Gasteiger partial charge in [-0.1, -0.05) is 0 Å². The number of nitrogens with zero attached hydrogens (tertiary/aromatic N) is 2. The summed E-state index contributed by atoms with van der Waals surface area (Å²) in [6.45, 7) is 3.27. The fraction of sp³-hybridized carbons (Fsp3) is 0.286. The summed E-state index contributed by atoms with van der Waals surface area (Å²) in [7, 11) is 1.67. The van der Waals surface area contributed by atoms with Gasteiger partial charge < -0.3 is 15.8 Å². The molecular weight excluding hydrogens is 240 g/mol. The van der Waals surface area contributed by atoms with Gasteiger partial charge in [0.1, 0.15) is 11.6 Å². The predicted octanol–water partition coefficient (Wildman–Crippen LogP) is 1.83. The number of hydrogen-bond acceptors (Lipinski definition) is 5. The number of nitrogens with one attached hydrogen (secondary N) is 1. The maximum Gasteiger partial charge on any atom is 0.148 e. The van der Waals surface area contributed by atoms with E-state index in [1.807, 2.05) is 37.3 Å². The van der Waals surface area contributed by atoms with Gasteiger partial charge in [-0.2, -0.15) is 0 Å². The Morgan fingerprint density at radius 2 is 2.05 bits per heavy atom. The number of aryl methyl sites for hydroxylation is 1. The Labute approximate surface area is 112 Å². The third kappa shape index (κ3) is 3.20. The molecule has 19 heavy (non-hydrogen) atoms. The molecule has 2 aromatic rings. The van der Waals surface area contributed by atoms with E-state index in [4.69, 9.17) is 10.5 Å². The fourth-order valence-electron chi connectivity index (χ4n) is 1.82. The Morgan fingerprint density at radius 3 is 2.63 bits per heavy atom. The summed E-state index contributed by atoms with van der Waals surface area (Å²) in [5.74, 6) is 1.61. The molecule has 0 saturated carbocycles. The van der Waals surface area contributed by atoms with E-state index in [0.717, 1.165) is 28.4 Å². The monoisotopic (exact) mass is 258 g/mol. The molecule has 0 spiro atoms. The Kier molecular flexibility index (Phi) is 4.30. The molecule has 0 fully saturated rings. The zero-order valence-corrected chi connectivity index (χ0v) is 11.2. The molecule has 2 rings (SSSR count). The summed E-state index contributed by atoms with van der Waals surface area (Å²) < 4.78 is 5.24. The maximum atomic E-state index is 5.42. The lowest BCUT2D eigenvalue weighted by atomic mass is 10.1. The van der Waals surface area contributed by atoms with Crippen LogP contribution in [-0.2, 0) is 0 Å². The van der Waals surface area contributed by atoms with E-state index in [2.05, 4.69) is 15.5 Å². The molecule has 0 bridgehead atoms. The average molecular weight is 258 g/mol. The molecule has 3 N–H and O–H groups in total. The first-order chi connectivity index (χ1) is 9.24. The largest absolute Gasteiger partial charge is 0.496 e. The van der Waals surface area contributed by atoms with E-state index >= 15 is 0 Å². The van der Waals surface area contributed by atoms with Crippen LogP contribution in [0.15, 0.2) is 30.3 Å². The molecule has 0 unspecified atom stereocenters. The van der Waals surface area contributed by atoms with Crippen LogP contribution in [0.5, 0.6) is 5.75 Å². The zero-order chi connectivity index (χ0) is 13.7. The van der Waals surface area contributed by atoms with Gasteiger partial charge in [0, 0.05) is 18.7 Å². The highest BCUT2D eigenvalue weighted by Gasteiger charge is 2.04. The van der Waals surface area contributed by atoms with Crippen LogP contribution in [0.1, 0.15) is 5.56 Å². The number of benzene rings is 1. The smallest absolute Gasteiger partial charge is 0.148 e. The van der Waals surface area contributed by atoms with Gasteiger partial charge in [0.2, 0.25) is 0 Å². The summed E-state index contributed by atoms with van der Waals surface area (Å²) in [5.41, 5.74) is 8.36. The van der Waals surface area contributed by atoms with Gasteiger partial charge in [-0.05, 0) is 42.8 Å². The summed E-state index contributed by atoms with van der Waals surface area (Å²) in [6, 6.07) is 9.79. The number of ether oxygens (including phenoxy) is 1. The lowest BCUT2D eigenvalue weighted by Crippen LogP contribution is -2.14. The van der Waals surface area contributed by atoms with Crippen molar-refractivity contribution in [3.63, 3.8) is 0 Å². The third-order valence-electron chi connectivity index (χ3n) is 2.81. The number of anilines is 1. The molecule has 5 heteroatoms. The van der Waals surface area contributed by atoms with Gasteiger partial charge in [-0.25, -0.2) is 0 Å². The van der Waals surface area contributed by atoms with Crippen molar-refractivity contribution in [2.24, 2.45) is 5.73 Å². The van der Waals surface area contributed by atoms with Gasteiger partial charge in [0.25, 0.3) is 0 Å². The first kappa shape index (κ1) is 13.3. The number of rotatable bonds is 5. The molecule has 0 radical (unpaired) electrons. The molecule has 5 nitrogen and oxygen atoms in total. The molecule has 0 saturated heterocycles. The van der Waals surface area contributed by atoms with Crippen molar-refractivity contribution in [2.45, 2.75) is 6.92 Å². The molecule has 1 aromatic heterocycles.